The molecule has 9 heteroatoms. The Balaban J connectivity index is 0.00000261. The highest BCUT2D eigenvalue weighted by atomic mass is 35.5. The van der Waals surface area contributed by atoms with E-state index in [9.17, 15) is 4.79 Å². The van der Waals surface area contributed by atoms with E-state index in [1.807, 2.05) is 23.6 Å². The van der Waals surface area contributed by atoms with Crippen molar-refractivity contribution in [3.8, 4) is 22.8 Å². The average molecular weight is 414 g/mol. The maximum absolute atomic E-state index is 12.8. The van der Waals surface area contributed by atoms with Crippen molar-refractivity contribution in [1.82, 2.24) is 4.98 Å². The lowest BCUT2D eigenvalue weighted by Gasteiger charge is -2.34. The molecule has 1 aliphatic rings. The second kappa shape index (κ2) is 9.36. The SMILES string of the molecule is COc1ccc(OC)c(-c2csc(NC(=O)C3(CN)CCOCC3)n2)c1.Cl. The Kier molecular flexibility index (Phi) is 7.43. The number of hydrogen-bond acceptors (Lipinski definition) is 7. The molecule has 1 saturated heterocycles. The van der Waals surface area contributed by atoms with E-state index in [0.717, 1.165) is 11.3 Å². The Morgan fingerprint density at radius 3 is 2.70 bits per heavy atom. The summed E-state index contributed by atoms with van der Waals surface area (Å²) in [6, 6.07) is 5.52. The average Bonchev–Trinajstić information content (AvgIpc) is 3.16. The lowest BCUT2D eigenvalue weighted by molar-refractivity contribution is -0.130. The number of ether oxygens (including phenoxy) is 3. The topological polar surface area (TPSA) is 95.7 Å². The van der Waals surface area contributed by atoms with Crippen LogP contribution < -0.4 is 20.5 Å². The monoisotopic (exact) mass is 413 g/mol. The molecule has 2 aromatic rings. The van der Waals surface area contributed by atoms with Crippen LogP contribution in [0.3, 0.4) is 0 Å². The van der Waals surface area contributed by atoms with Crippen LogP contribution in [-0.2, 0) is 9.53 Å². The molecule has 1 aromatic heterocycles. The number of nitrogens with one attached hydrogen (secondary N) is 1. The first-order valence-electron chi connectivity index (χ1n) is 8.39. The van der Waals surface area contributed by atoms with Crippen molar-refractivity contribution < 1.29 is 19.0 Å². The minimum atomic E-state index is -0.586. The number of hydrogen-bond donors (Lipinski definition) is 2. The fraction of sp³-hybridized carbons (Fsp3) is 0.444. The van der Waals surface area contributed by atoms with Gasteiger partial charge in [-0.1, -0.05) is 0 Å². The molecule has 1 aliphatic heterocycles. The minimum absolute atomic E-state index is 0. The first kappa shape index (κ1) is 21.4. The number of nitrogens with two attached hydrogens (primary N) is 1. The van der Waals surface area contributed by atoms with Gasteiger partial charge in [-0.2, -0.15) is 0 Å². The first-order valence-corrected chi connectivity index (χ1v) is 9.27. The highest BCUT2D eigenvalue weighted by Gasteiger charge is 2.39. The van der Waals surface area contributed by atoms with Crippen molar-refractivity contribution in [1.29, 1.82) is 0 Å². The molecule has 0 saturated carbocycles. The second-order valence-corrected chi connectivity index (χ2v) is 7.01. The Morgan fingerprint density at radius 1 is 1.33 bits per heavy atom. The van der Waals surface area contributed by atoms with Gasteiger partial charge >= 0.3 is 0 Å². The lowest BCUT2D eigenvalue weighted by atomic mass is 9.79. The smallest absolute Gasteiger partial charge is 0.233 e. The van der Waals surface area contributed by atoms with Crippen LogP contribution in [0.2, 0.25) is 0 Å². The third-order valence-corrected chi connectivity index (χ3v) is 5.49. The summed E-state index contributed by atoms with van der Waals surface area (Å²) in [5.74, 6) is 1.31. The summed E-state index contributed by atoms with van der Waals surface area (Å²) in [6.45, 7) is 1.40. The van der Waals surface area contributed by atoms with Gasteiger partial charge in [-0.05, 0) is 31.0 Å². The number of carbonyl (C=O) groups is 1. The molecule has 1 aromatic carbocycles. The zero-order valence-electron chi connectivity index (χ0n) is 15.3. The molecule has 1 fully saturated rings. The third kappa shape index (κ3) is 4.52. The highest BCUT2D eigenvalue weighted by Crippen LogP contribution is 2.36. The molecule has 0 spiro atoms. The van der Waals surface area contributed by atoms with Crippen LogP contribution in [0.15, 0.2) is 23.6 Å². The van der Waals surface area contributed by atoms with E-state index < -0.39 is 5.41 Å². The Morgan fingerprint density at radius 2 is 2.07 bits per heavy atom. The molecule has 1 amide bonds. The number of amides is 1. The van der Waals surface area contributed by atoms with Gasteiger partial charge in [0.1, 0.15) is 11.5 Å². The van der Waals surface area contributed by atoms with E-state index >= 15 is 0 Å². The predicted molar refractivity (Wildman–Crippen MR) is 108 cm³/mol. The summed E-state index contributed by atoms with van der Waals surface area (Å²) in [7, 11) is 3.22. The van der Waals surface area contributed by atoms with Gasteiger partial charge in [-0.15, -0.1) is 23.7 Å². The molecule has 0 bridgehead atoms. The number of halogens is 1. The van der Waals surface area contributed by atoms with E-state index in [2.05, 4.69) is 10.3 Å². The molecule has 7 nitrogen and oxygen atoms in total. The Bertz CT molecular complexity index is 778. The summed E-state index contributed by atoms with van der Waals surface area (Å²) in [6.07, 6.45) is 1.24. The minimum Gasteiger partial charge on any atom is -0.497 e. The van der Waals surface area contributed by atoms with Crippen LogP contribution >= 0.6 is 23.7 Å². The molecular formula is C18H24ClN3O4S. The number of nitrogens with zero attached hydrogens (tertiary/aromatic N) is 1. The van der Waals surface area contributed by atoms with E-state index in [0.29, 0.717) is 49.2 Å². The van der Waals surface area contributed by atoms with Gasteiger partial charge in [0.2, 0.25) is 5.91 Å². The van der Waals surface area contributed by atoms with Crippen molar-refractivity contribution in [3.05, 3.63) is 23.6 Å². The zero-order chi connectivity index (χ0) is 18.6. The number of aromatic nitrogens is 1. The molecule has 3 rings (SSSR count). The van der Waals surface area contributed by atoms with Gasteiger partial charge in [0.15, 0.2) is 5.13 Å². The largest absolute Gasteiger partial charge is 0.497 e. The fourth-order valence-electron chi connectivity index (χ4n) is 2.98. The summed E-state index contributed by atoms with van der Waals surface area (Å²) in [4.78, 5) is 17.3. The fourth-order valence-corrected chi connectivity index (χ4v) is 3.69. The summed E-state index contributed by atoms with van der Waals surface area (Å²) in [5, 5.41) is 5.34. The van der Waals surface area contributed by atoms with Crippen molar-refractivity contribution in [2.75, 3.05) is 39.3 Å². The molecule has 2 heterocycles. The van der Waals surface area contributed by atoms with Gasteiger partial charge < -0.3 is 25.3 Å². The number of anilines is 1. The van der Waals surface area contributed by atoms with Crippen molar-refractivity contribution >= 4 is 34.8 Å². The van der Waals surface area contributed by atoms with Crippen LogP contribution in [0, 0.1) is 5.41 Å². The van der Waals surface area contributed by atoms with E-state index in [1.165, 1.54) is 11.3 Å². The highest BCUT2D eigenvalue weighted by molar-refractivity contribution is 7.14. The second-order valence-electron chi connectivity index (χ2n) is 6.16. The maximum Gasteiger partial charge on any atom is 0.233 e. The normalized spacial score (nSPS) is 15.5. The van der Waals surface area contributed by atoms with Crippen LogP contribution in [0.25, 0.3) is 11.3 Å². The van der Waals surface area contributed by atoms with E-state index in [-0.39, 0.29) is 18.3 Å². The van der Waals surface area contributed by atoms with Crippen LogP contribution in [-0.4, -0.2) is 44.9 Å². The molecule has 0 aliphatic carbocycles. The Labute approximate surface area is 168 Å². The van der Waals surface area contributed by atoms with Gasteiger partial charge in [-0.3, -0.25) is 4.79 Å². The van der Waals surface area contributed by atoms with Crippen LogP contribution in [0.4, 0.5) is 5.13 Å². The number of rotatable bonds is 6. The van der Waals surface area contributed by atoms with Crippen LogP contribution in [0.1, 0.15) is 12.8 Å². The van der Waals surface area contributed by atoms with E-state index in [4.69, 9.17) is 19.9 Å². The van der Waals surface area contributed by atoms with Gasteiger partial charge in [0.25, 0.3) is 0 Å². The number of benzene rings is 1. The molecular weight excluding hydrogens is 390 g/mol. The summed E-state index contributed by atoms with van der Waals surface area (Å²) in [5.41, 5.74) is 6.84. The van der Waals surface area contributed by atoms with E-state index in [1.54, 1.807) is 14.2 Å². The maximum atomic E-state index is 12.8. The lowest BCUT2D eigenvalue weighted by Crippen LogP contribution is -2.46. The molecule has 0 unspecified atom stereocenters. The van der Waals surface area contributed by atoms with Crippen molar-refractivity contribution in [3.63, 3.8) is 0 Å². The standard InChI is InChI=1S/C18H23N3O4S.ClH/c1-23-12-3-4-15(24-2)13(9-12)14-10-26-17(20-14)21-16(22)18(11-19)5-7-25-8-6-18;/h3-4,9-10H,5-8,11,19H2,1-2H3,(H,20,21,22);1H. The molecule has 0 radical (unpaired) electrons. The molecule has 27 heavy (non-hydrogen) atoms. The summed E-state index contributed by atoms with van der Waals surface area (Å²) >= 11 is 1.37. The van der Waals surface area contributed by atoms with Crippen LogP contribution in [0.5, 0.6) is 11.5 Å². The number of carbonyl (C=O) groups excluding carboxylic acids is 1. The third-order valence-electron chi connectivity index (χ3n) is 4.73. The summed E-state index contributed by atoms with van der Waals surface area (Å²) < 4.78 is 16.1. The van der Waals surface area contributed by atoms with Gasteiger partial charge in [0.05, 0.1) is 25.3 Å². The number of methoxy groups -OCH3 is 2. The van der Waals surface area contributed by atoms with Gasteiger partial charge in [0, 0.05) is 30.7 Å². The quantitative estimate of drug-likeness (QED) is 0.755. The molecule has 148 valence electrons. The Hall–Kier alpha value is -1.87. The molecule has 0 atom stereocenters. The number of thiazole rings is 1. The van der Waals surface area contributed by atoms with Crippen molar-refractivity contribution in [2.24, 2.45) is 11.1 Å². The van der Waals surface area contributed by atoms with Gasteiger partial charge in [-0.25, -0.2) is 4.98 Å². The zero-order valence-corrected chi connectivity index (χ0v) is 17.0. The van der Waals surface area contributed by atoms with Crippen molar-refractivity contribution in [2.45, 2.75) is 12.8 Å². The predicted octanol–water partition coefficient (Wildman–Crippen LogP) is 2.94. The first-order chi connectivity index (χ1) is 12.6. The molecule has 3 N–H and O–H groups in total.